The second-order valence-electron chi connectivity index (χ2n) is 3.49. The summed E-state index contributed by atoms with van der Waals surface area (Å²) in [4.78, 5) is 0. The van der Waals surface area contributed by atoms with Crippen molar-refractivity contribution in [2.24, 2.45) is 11.8 Å². The molecule has 0 saturated carbocycles. The molecule has 0 aromatic rings. The van der Waals surface area contributed by atoms with Crippen molar-refractivity contribution in [2.45, 2.75) is 26.0 Å². The van der Waals surface area contributed by atoms with Crippen LogP contribution in [-0.2, 0) is 9.47 Å². The molecule has 1 rings (SSSR count). The van der Waals surface area contributed by atoms with Crippen molar-refractivity contribution in [2.75, 3.05) is 12.8 Å². The quantitative estimate of drug-likeness (QED) is 0.643. The number of rotatable bonds is 2. The van der Waals surface area contributed by atoms with Crippen LogP contribution < -0.4 is 0 Å². The minimum atomic E-state index is -0.106. The van der Waals surface area contributed by atoms with E-state index in [-0.39, 0.29) is 6.03 Å². The summed E-state index contributed by atoms with van der Waals surface area (Å²) >= 11 is 0. The first-order valence-electron chi connectivity index (χ1n) is 4.38. The first-order chi connectivity index (χ1) is 5.65. The van der Waals surface area contributed by atoms with Crippen molar-refractivity contribution >= 4 is 18.5 Å². The van der Waals surface area contributed by atoms with Gasteiger partial charge >= 0.3 is 0 Å². The smallest absolute Gasteiger partial charge is 0.170 e. The van der Waals surface area contributed by atoms with Gasteiger partial charge in [-0.1, -0.05) is 23.1 Å². The van der Waals surface area contributed by atoms with Crippen LogP contribution in [-0.4, -0.2) is 24.9 Å². The summed E-state index contributed by atoms with van der Waals surface area (Å²) in [7, 11) is 5.33. The van der Waals surface area contributed by atoms with Gasteiger partial charge in [0.05, 0.1) is 12.7 Å². The maximum absolute atomic E-state index is 5.68. The summed E-state index contributed by atoms with van der Waals surface area (Å²) in [6.07, 6.45) is 1.44. The predicted molar refractivity (Wildman–Crippen MR) is 57.2 cm³/mol. The molecule has 0 spiro atoms. The molecule has 0 aromatic carbocycles. The molecule has 4 heteroatoms. The maximum atomic E-state index is 5.68. The average Bonchev–Trinajstić information content (AvgIpc) is 2.08. The lowest BCUT2D eigenvalue weighted by molar-refractivity contribution is -0.199. The fraction of sp³-hybridized carbons (Fsp3) is 1.00. The summed E-state index contributed by atoms with van der Waals surface area (Å²) < 4.78 is 11.0. The van der Waals surface area contributed by atoms with Gasteiger partial charge in [0, 0.05) is 5.92 Å². The summed E-state index contributed by atoms with van der Waals surface area (Å²) in [6, 6.07) is -0.106. The summed E-state index contributed by atoms with van der Waals surface area (Å²) in [5.41, 5.74) is 0. The minimum absolute atomic E-state index is 0.106. The molecule has 0 amide bonds. The van der Waals surface area contributed by atoms with Crippen molar-refractivity contribution in [1.82, 2.24) is 0 Å². The van der Waals surface area contributed by atoms with Gasteiger partial charge in [-0.15, -0.1) is 9.24 Å². The molecule has 1 aliphatic heterocycles. The normalized spacial score (nSPS) is 39.5. The Labute approximate surface area is 79.2 Å². The van der Waals surface area contributed by atoms with Crippen molar-refractivity contribution in [3.05, 3.63) is 0 Å². The largest absolute Gasteiger partial charge is 0.349 e. The molecule has 0 bridgehead atoms. The van der Waals surface area contributed by atoms with Crippen LogP contribution in [0.2, 0.25) is 0 Å². The van der Waals surface area contributed by atoms with Crippen molar-refractivity contribution in [1.29, 1.82) is 0 Å². The first kappa shape index (κ1) is 10.9. The maximum Gasteiger partial charge on any atom is 0.170 e. The number of ether oxygens (including phenoxy) is 2. The Bertz CT molecular complexity index is 139. The number of hydrogen-bond acceptors (Lipinski definition) is 2. The molecule has 0 N–H and O–H groups in total. The Kier molecular flexibility index (Phi) is 4.40. The molecule has 12 heavy (non-hydrogen) atoms. The van der Waals surface area contributed by atoms with Gasteiger partial charge in [0.2, 0.25) is 0 Å². The Hall–Kier alpha value is 0.780. The average molecular weight is 208 g/mol. The van der Waals surface area contributed by atoms with Crippen molar-refractivity contribution < 1.29 is 9.47 Å². The molecule has 1 fully saturated rings. The monoisotopic (exact) mass is 208 g/mol. The molecule has 6 unspecified atom stereocenters. The van der Waals surface area contributed by atoms with Crippen molar-refractivity contribution in [3.63, 3.8) is 0 Å². The van der Waals surface area contributed by atoms with E-state index in [1.807, 2.05) is 0 Å². The highest BCUT2D eigenvalue weighted by atomic mass is 31.0. The standard InChI is InChI=1S/C8H18O2P2/c1-5-3-9-8(12)10-7(5)6(2)4-11/h5-8H,3-4,11-12H2,1-2H3. The molecule has 1 saturated heterocycles. The molecule has 6 atom stereocenters. The van der Waals surface area contributed by atoms with E-state index in [1.54, 1.807) is 0 Å². The zero-order valence-electron chi connectivity index (χ0n) is 7.69. The Balaban J connectivity index is 2.48. The lowest BCUT2D eigenvalue weighted by Gasteiger charge is -2.36. The Morgan fingerprint density at radius 2 is 2.25 bits per heavy atom. The molecule has 2 nitrogen and oxygen atoms in total. The van der Waals surface area contributed by atoms with Gasteiger partial charge in [-0.2, -0.15) is 0 Å². The van der Waals surface area contributed by atoms with E-state index in [4.69, 9.17) is 9.47 Å². The van der Waals surface area contributed by atoms with Crippen LogP contribution in [0.4, 0.5) is 0 Å². The highest BCUT2D eigenvalue weighted by Gasteiger charge is 2.30. The van der Waals surface area contributed by atoms with Crippen LogP contribution in [0, 0.1) is 11.8 Å². The highest BCUT2D eigenvalue weighted by Crippen LogP contribution is 2.27. The molecular formula is C8H18O2P2. The third-order valence-corrected chi connectivity index (χ3v) is 3.40. The van der Waals surface area contributed by atoms with Crippen LogP contribution in [0.1, 0.15) is 13.8 Å². The summed E-state index contributed by atoms with van der Waals surface area (Å²) in [5.74, 6) is 1.11. The first-order valence-corrected chi connectivity index (χ1v) is 5.86. The van der Waals surface area contributed by atoms with Gasteiger partial charge in [0.25, 0.3) is 0 Å². The SMILES string of the molecule is CC(CP)C1OC(P)OCC1C. The summed E-state index contributed by atoms with van der Waals surface area (Å²) in [5, 5.41) is 0. The van der Waals surface area contributed by atoms with E-state index in [0.717, 1.165) is 12.8 Å². The van der Waals surface area contributed by atoms with E-state index in [9.17, 15) is 0 Å². The van der Waals surface area contributed by atoms with Gasteiger partial charge in [-0.25, -0.2) is 0 Å². The van der Waals surface area contributed by atoms with Gasteiger partial charge in [-0.05, 0) is 12.1 Å². The van der Waals surface area contributed by atoms with Crippen LogP contribution in [0.15, 0.2) is 0 Å². The second kappa shape index (κ2) is 4.86. The molecule has 1 heterocycles. The van der Waals surface area contributed by atoms with Crippen LogP contribution in [0.25, 0.3) is 0 Å². The zero-order chi connectivity index (χ0) is 9.14. The number of hydrogen-bond donors (Lipinski definition) is 0. The molecule has 1 aliphatic rings. The van der Waals surface area contributed by atoms with E-state index in [2.05, 4.69) is 32.3 Å². The van der Waals surface area contributed by atoms with Gasteiger partial charge in [0.15, 0.2) is 6.03 Å². The summed E-state index contributed by atoms with van der Waals surface area (Å²) in [6.45, 7) is 5.21. The van der Waals surface area contributed by atoms with E-state index >= 15 is 0 Å². The van der Waals surface area contributed by atoms with Crippen LogP contribution in [0.3, 0.4) is 0 Å². The topological polar surface area (TPSA) is 18.5 Å². The minimum Gasteiger partial charge on any atom is -0.349 e. The molecule has 0 aliphatic carbocycles. The van der Waals surface area contributed by atoms with E-state index in [0.29, 0.717) is 17.9 Å². The lowest BCUT2D eigenvalue weighted by atomic mass is 9.95. The third kappa shape index (κ3) is 2.64. The van der Waals surface area contributed by atoms with Gasteiger partial charge in [0.1, 0.15) is 0 Å². The zero-order valence-corrected chi connectivity index (χ0v) is 10.0. The molecular weight excluding hydrogens is 190 g/mol. The third-order valence-electron chi connectivity index (χ3n) is 2.31. The highest BCUT2D eigenvalue weighted by molar-refractivity contribution is 7.17. The van der Waals surface area contributed by atoms with E-state index in [1.165, 1.54) is 0 Å². The van der Waals surface area contributed by atoms with Crippen LogP contribution in [0.5, 0.6) is 0 Å². The van der Waals surface area contributed by atoms with Gasteiger partial charge in [-0.3, -0.25) is 0 Å². The predicted octanol–water partition coefficient (Wildman–Crippen LogP) is 1.71. The van der Waals surface area contributed by atoms with Crippen LogP contribution >= 0.6 is 18.5 Å². The molecule has 0 aromatic heterocycles. The Morgan fingerprint density at radius 1 is 1.58 bits per heavy atom. The Morgan fingerprint density at radius 3 is 2.83 bits per heavy atom. The van der Waals surface area contributed by atoms with Gasteiger partial charge < -0.3 is 9.47 Å². The fourth-order valence-corrected chi connectivity index (χ4v) is 2.06. The molecule has 72 valence electrons. The lowest BCUT2D eigenvalue weighted by Crippen LogP contribution is -2.40. The van der Waals surface area contributed by atoms with E-state index < -0.39 is 0 Å². The fourth-order valence-electron chi connectivity index (χ4n) is 1.50. The van der Waals surface area contributed by atoms with Crippen molar-refractivity contribution in [3.8, 4) is 0 Å². The molecule has 0 radical (unpaired) electrons. The second-order valence-corrected chi connectivity index (χ2v) is 4.51.